The van der Waals surface area contributed by atoms with Gasteiger partial charge in [-0.1, -0.05) is 0 Å². The number of rotatable bonds is 3. The molecule has 0 bridgehead atoms. The average Bonchev–Trinajstić information content (AvgIpc) is 2.80. The number of imidazole rings is 1. The van der Waals surface area contributed by atoms with Gasteiger partial charge in [0.1, 0.15) is 18.8 Å². The minimum atomic E-state index is -0.492. The van der Waals surface area contributed by atoms with Crippen molar-refractivity contribution in [2.75, 3.05) is 0 Å². The highest BCUT2D eigenvalue weighted by Crippen LogP contribution is 1.98. The molecule has 0 aliphatic rings. The van der Waals surface area contributed by atoms with E-state index in [2.05, 4.69) is 19.9 Å². The van der Waals surface area contributed by atoms with Crippen LogP contribution in [-0.2, 0) is 11.3 Å². The summed E-state index contributed by atoms with van der Waals surface area (Å²) in [5, 5.41) is 0. The first kappa shape index (κ1) is 9.32. The molecule has 0 aliphatic heterocycles. The summed E-state index contributed by atoms with van der Waals surface area (Å²) in [7, 11) is 0. The Hall–Kier alpha value is -2.24. The van der Waals surface area contributed by atoms with Gasteiger partial charge in [0.15, 0.2) is 5.69 Å². The van der Waals surface area contributed by atoms with Crippen molar-refractivity contribution in [2.24, 2.45) is 0 Å². The Kier molecular flexibility index (Phi) is 2.68. The Balaban J connectivity index is 1.94. The maximum atomic E-state index is 11.4. The lowest BCUT2D eigenvalue weighted by Gasteiger charge is -2.00. The Morgan fingerprint density at radius 1 is 1.40 bits per heavy atom. The smallest absolute Gasteiger partial charge is 0.357 e. The van der Waals surface area contributed by atoms with Crippen LogP contribution in [0.2, 0.25) is 0 Å². The van der Waals surface area contributed by atoms with Crippen LogP contribution in [0.5, 0.6) is 0 Å². The molecular weight excluding hydrogens is 196 g/mol. The molecule has 0 saturated heterocycles. The highest BCUT2D eigenvalue weighted by Gasteiger charge is 2.08. The van der Waals surface area contributed by atoms with Crippen LogP contribution in [0.15, 0.2) is 31.0 Å². The zero-order chi connectivity index (χ0) is 10.5. The lowest BCUT2D eigenvalue weighted by atomic mass is 10.4. The van der Waals surface area contributed by atoms with Gasteiger partial charge in [-0.25, -0.2) is 19.7 Å². The summed E-state index contributed by atoms with van der Waals surface area (Å²) in [6, 6.07) is 1.49. The second kappa shape index (κ2) is 4.32. The van der Waals surface area contributed by atoms with Gasteiger partial charge in [-0.05, 0) is 6.07 Å². The fourth-order valence-corrected chi connectivity index (χ4v) is 0.996. The summed E-state index contributed by atoms with van der Waals surface area (Å²) in [4.78, 5) is 25.6. The minimum Gasteiger partial charge on any atom is -0.453 e. The van der Waals surface area contributed by atoms with Gasteiger partial charge in [0, 0.05) is 18.6 Å². The molecule has 2 aromatic rings. The second-order valence-electron chi connectivity index (χ2n) is 2.71. The zero-order valence-electron chi connectivity index (χ0n) is 7.75. The van der Waals surface area contributed by atoms with E-state index in [4.69, 9.17) is 4.74 Å². The van der Waals surface area contributed by atoms with Crippen molar-refractivity contribution in [3.63, 3.8) is 0 Å². The number of aromatic amines is 1. The first-order valence-electron chi connectivity index (χ1n) is 4.27. The van der Waals surface area contributed by atoms with Gasteiger partial charge in [-0.2, -0.15) is 0 Å². The maximum Gasteiger partial charge on any atom is 0.357 e. The number of hydrogen-bond acceptors (Lipinski definition) is 5. The molecule has 76 valence electrons. The van der Waals surface area contributed by atoms with Gasteiger partial charge in [0.25, 0.3) is 0 Å². The molecule has 6 heteroatoms. The molecule has 2 heterocycles. The fraction of sp³-hybridized carbons (Fsp3) is 0.111. The van der Waals surface area contributed by atoms with E-state index in [9.17, 15) is 4.79 Å². The molecule has 0 aromatic carbocycles. The third kappa shape index (κ3) is 2.37. The highest BCUT2D eigenvalue weighted by atomic mass is 16.5. The van der Waals surface area contributed by atoms with Gasteiger partial charge >= 0.3 is 5.97 Å². The van der Waals surface area contributed by atoms with Crippen molar-refractivity contribution in [1.29, 1.82) is 0 Å². The standard InChI is InChI=1S/C9H8N4O2/c14-9(7-1-2-10-6-13-7)15-5-8-11-3-4-12-8/h1-4,6H,5H2,(H,11,12). The predicted molar refractivity (Wildman–Crippen MR) is 49.7 cm³/mol. The summed E-state index contributed by atoms with van der Waals surface area (Å²) < 4.78 is 4.95. The summed E-state index contributed by atoms with van der Waals surface area (Å²) in [6.07, 6.45) is 6.03. The van der Waals surface area contributed by atoms with Crippen LogP contribution in [-0.4, -0.2) is 25.9 Å². The van der Waals surface area contributed by atoms with E-state index in [0.717, 1.165) is 0 Å². The van der Waals surface area contributed by atoms with Crippen LogP contribution >= 0.6 is 0 Å². The van der Waals surface area contributed by atoms with Crippen molar-refractivity contribution >= 4 is 5.97 Å². The topological polar surface area (TPSA) is 80.8 Å². The first-order valence-corrected chi connectivity index (χ1v) is 4.27. The molecule has 6 nitrogen and oxygen atoms in total. The average molecular weight is 204 g/mol. The maximum absolute atomic E-state index is 11.4. The Labute approximate surface area is 85.4 Å². The summed E-state index contributed by atoms with van der Waals surface area (Å²) >= 11 is 0. The van der Waals surface area contributed by atoms with Crippen molar-refractivity contribution in [2.45, 2.75) is 6.61 Å². The quantitative estimate of drug-likeness (QED) is 0.738. The van der Waals surface area contributed by atoms with E-state index in [1.165, 1.54) is 18.6 Å². The van der Waals surface area contributed by atoms with Gasteiger partial charge < -0.3 is 9.72 Å². The molecule has 0 unspecified atom stereocenters. The van der Waals surface area contributed by atoms with E-state index >= 15 is 0 Å². The molecule has 0 aliphatic carbocycles. The minimum absolute atomic E-state index is 0.107. The number of ether oxygens (including phenoxy) is 1. The lowest BCUT2D eigenvalue weighted by molar-refractivity contribution is 0.0456. The third-order valence-corrected chi connectivity index (χ3v) is 1.69. The molecular formula is C9H8N4O2. The Morgan fingerprint density at radius 3 is 3.00 bits per heavy atom. The van der Waals surface area contributed by atoms with E-state index in [0.29, 0.717) is 5.82 Å². The lowest BCUT2D eigenvalue weighted by Crippen LogP contribution is -2.07. The zero-order valence-corrected chi connectivity index (χ0v) is 7.75. The molecule has 15 heavy (non-hydrogen) atoms. The van der Waals surface area contributed by atoms with E-state index in [1.807, 2.05) is 0 Å². The third-order valence-electron chi connectivity index (χ3n) is 1.69. The molecule has 2 aromatic heterocycles. The van der Waals surface area contributed by atoms with Gasteiger partial charge in [0.2, 0.25) is 0 Å². The van der Waals surface area contributed by atoms with E-state index < -0.39 is 5.97 Å². The van der Waals surface area contributed by atoms with Crippen LogP contribution in [0.4, 0.5) is 0 Å². The van der Waals surface area contributed by atoms with Crippen molar-refractivity contribution < 1.29 is 9.53 Å². The largest absolute Gasteiger partial charge is 0.453 e. The van der Waals surface area contributed by atoms with Gasteiger partial charge in [0.05, 0.1) is 0 Å². The number of nitrogens with one attached hydrogen (secondary N) is 1. The normalized spacial score (nSPS) is 9.87. The molecule has 0 saturated carbocycles. The number of H-pyrrole nitrogens is 1. The monoisotopic (exact) mass is 204 g/mol. The SMILES string of the molecule is O=C(OCc1ncc[nH]1)c1ccncn1. The van der Waals surface area contributed by atoms with Crippen LogP contribution in [0.3, 0.4) is 0 Å². The van der Waals surface area contributed by atoms with Crippen molar-refractivity contribution in [3.8, 4) is 0 Å². The van der Waals surface area contributed by atoms with E-state index in [-0.39, 0.29) is 12.3 Å². The molecule has 0 radical (unpaired) electrons. The van der Waals surface area contributed by atoms with Crippen LogP contribution in [0.25, 0.3) is 0 Å². The second-order valence-corrected chi connectivity index (χ2v) is 2.71. The Bertz CT molecular complexity index is 427. The molecule has 0 amide bonds. The van der Waals surface area contributed by atoms with Gasteiger partial charge in [-0.3, -0.25) is 0 Å². The van der Waals surface area contributed by atoms with Gasteiger partial charge in [-0.15, -0.1) is 0 Å². The Morgan fingerprint density at radius 2 is 2.33 bits per heavy atom. The van der Waals surface area contributed by atoms with Crippen LogP contribution in [0.1, 0.15) is 16.3 Å². The summed E-state index contributed by atoms with van der Waals surface area (Å²) in [6.45, 7) is 0.107. The predicted octanol–water partition coefficient (Wildman–Crippen LogP) is 0.557. The molecule has 0 spiro atoms. The number of aromatic nitrogens is 4. The first-order chi connectivity index (χ1) is 7.36. The number of carbonyl (C=O) groups excluding carboxylic acids is 1. The summed E-state index contributed by atoms with van der Waals surface area (Å²) in [5.41, 5.74) is 0.233. The number of carbonyl (C=O) groups is 1. The molecule has 0 fully saturated rings. The highest BCUT2D eigenvalue weighted by molar-refractivity contribution is 5.86. The summed E-state index contributed by atoms with van der Waals surface area (Å²) in [5.74, 6) is 0.103. The van der Waals surface area contributed by atoms with Crippen molar-refractivity contribution in [1.82, 2.24) is 19.9 Å². The van der Waals surface area contributed by atoms with Crippen LogP contribution in [0, 0.1) is 0 Å². The molecule has 0 atom stereocenters. The van der Waals surface area contributed by atoms with Crippen molar-refractivity contribution in [3.05, 3.63) is 42.5 Å². The number of nitrogens with zero attached hydrogens (tertiary/aromatic N) is 3. The number of hydrogen-bond donors (Lipinski definition) is 1. The van der Waals surface area contributed by atoms with E-state index in [1.54, 1.807) is 12.4 Å². The molecule has 2 rings (SSSR count). The number of esters is 1. The van der Waals surface area contributed by atoms with Crippen LogP contribution < -0.4 is 0 Å². The molecule has 1 N–H and O–H groups in total. The fourth-order valence-electron chi connectivity index (χ4n) is 0.996.